The van der Waals surface area contributed by atoms with Crippen LogP contribution in [0.1, 0.15) is 20.7 Å². The highest BCUT2D eigenvalue weighted by Gasteiger charge is 2.03. The molecule has 0 atom stereocenters. The van der Waals surface area contributed by atoms with Gasteiger partial charge >= 0.3 is 0 Å². The zero-order valence-corrected chi connectivity index (χ0v) is 9.09. The van der Waals surface area contributed by atoms with Gasteiger partial charge < -0.3 is 5.73 Å². The standard InChI is InChI=1S/C14H11NO2/c15-14-7-11(9-17)3-6-13(14)12-4-1-10(8-16)2-5-12/h1-9H,15H2. The lowest BCUT2D eigenvalue weighted by atomic mass is 10.0. The van der Waals surface area contributed by atoms with E-state index in [0.717, 1.165) is 23.7 Å². The Morgan fingerprint density at radius 3 is 1.94 bits per heavy atom. The van der Waals surface area contributed by atoms with Crippen molar-refractivity contribution in [2.24, 2.45) is 0 Å². The molecule has 3 heteroatoms. The van der Waals surface area contributed by atoms with Gasteiger partial charge in [-0.2, -0.15) is 0 Å². The molecule has 0 fully saturated rings. The SMILES string of the molecule is Nc1cc(C=O)ccc1-c1ccc(C=O)cc1. The van der Waals surface area contributed by atoms with Crippen LogP contribution in [0.5, 0.6) is 0 Å². The molecule has 0 aliphatic rings. The van der Waals surface area contributed by atoms with E-state index in [-0.39, 0.29) is 0 Å². The normalized spacial score (nSPS) is 9.88. The monoisotopic (exact) mass is 225 g/mol. The highest BCUT2D eigenvalue weighted by molar-refractivity contribution is 5.84. The maximum Gasteiger partial charge on any atom is 0.150 e. The lowest BCUT2D eigenvalue weighted by molar-refractivity contribution is 0.111. The van der Waals surface area contributed by atoms with Crippen LogP contribution in [0.2, 0.25) is 0 Å². The molecule has 2 N–H and O–H groups in total. The van der Waals surface area contributed by atoms with E-state index in [1.165, 1.54) is 0 Å². The van der Waals surface area contributed by atoms with E-state index in [0.29, 0.717) is 16.8 Å². The van der Waals surface area contributed by atoms with E-state index >= 15 is 0 Å². The maximum atomic E-state index is 10.6. The molecule has 0 aliphatic carbocycles. The number of hydrogen-bond donors (Lipinski definition) is 1. The van der Waals surface area contributed by atoms with Crippen molar-refractivity contribution in [2.75, 3.05) is 5.73 Å². The summed E-state index contributed by atoms with van der Waals surface area (Å²) in [4.78, 5) is 21.1. The van der Waals surface area contributed by atoms with Gasteiger partial charge in [-0.15, -0.1) is 0 Å². The molecule has 0 saturated heterocycles. The number of hydrogen-bond acceptors (Lipinski definition) is 3. The lowest BCUT2D eigenvalue weighted by Crippen LogP contribution is -1.92. The summed E-state index contributed by atoms with van der Waals surface area (Å²) in [6.07, 6.45) is 1.55. The summed E-state index contributed by atoms with van der Waals surface area (Å²) in [5, 5.41) is 0. The van der Waals surface area contributed by atoms with Crippen LogP contribution in [0.15, 0.2) is 42.5 Å². The number of benzene rings is 2. The highest BCUT2D eigenvalue weighted by atomic mass is 16.1. The van der Waals surface area contributed by atoms with E-state index < -0.39 is 0 Å². The molecular formula is C14H11NO2. The van der Waals surface area contributed by atoms with Crippen molar-refractivity contribution in [3.8, 4) is 11.1 Å². The molecule has 0 heterocycles. The second-order valence-corrected chi connectivity index (χ2v) is 3.70. The first-order valence-corrected chi connectivity index (χ1v) is 5.15. The number of nitrogens with two attached hydrogens (primary N) is 1. The molecule has 84 valence electrons. The summed E-state index contributed by atoms with van der Waals surface area (Å²) in [6, 6.07) is 12.3. The Balaban J connectivity index is 2.45. The number of nitrogen functional groups attached to an aromatic ring is 1. The Bertz CT molecular complexity index is 559. The first-order valence-electron chi connectivity index (χ1n) is 5.15. The summed E-state index contributed by atoms with van der Waals surface area (Å²) in [7, 11) is 0. The van der Waals surface area contributed by atoms with Crippen molar-refractivity contribution in [1.29, 1.82) is 0 Å². The van der Waals surface area contributed by atoms with E-state index in [1.807, 2.05) is 12.1 Å². The molecule has 0 unspecified atom stereocenters. The van der Waals surface area contributed by atoms with Crippen molar-refractivity contribution in [1.82, 2.24) is 0 Å². The quantitative estimate of drug-likeness (QED) is 0.645. The van der Waals surface area contributed by atoms with Crippen molar-refractivity contribution < 1.29 is 9.59 Å². The fraction of sp³-hybridized carbons (Fsp3) is 0. The molecule has 2 rings (SSSR count). The van der Waals surface area contributed by atoms with E-state index in [1.54, 1.807) is 30.3 Å². The van der Waals surface area contributed by atoms with Crippen LogP contribution in [0.3, 0.4) is 0 Å². The van der Waals surface area contributed by atoms with Crippen LogP contribution in [0.4, 0.5) is 5.69 Å². The van der Waals surface area contributed by atoms with Crippen LogP contribution < -0.4 is 5.73 Å². The summed E-state index contributed by atoms with van der Waals surface area (Å²) >= 11 is 0. The molecule has 2 aromatic carbocycles. The second-order valence-electron chi connectivity index (χ2n) is 3.70. The largest absolute Gasteiger partial charge is 0.398 e. The number of aldehydes is 2. The van der Waals surface area contributed by atoms with Crippen molar-refractivity contribution in [3.63, 3.8) is 0 Å². The molecule has 17 heavy (non-hydrogen) atoms. The Labute approximate surface area is 98.9 Å². The third-order valence-corrected chi connectivity index (χ3v) is 2.57. The highest BCUT2D eigenvalue weighted by Crippen LogP contribution is 2.26. The number of carbonyl (C=O) groups is 2. The zero-order valence-electron chi connectivity index (χ0n) is 9.09. The Hall–Kier alpha value is -2.42. The van der Waals surface area contributed by atoms with Gasteiger partial charge in [0.1, 0.15) is 12.6 Å². The van der Waals surface area contributed by atoms with Gasteiger partial charge in [0.05, 0.1) is 0 Å². The van der Waals surface area contributed by atoms with Crippen LogP contribution in [0.25, 0.3) is 11.1 Å². The predicted molar refractivity (Wildman–Crippen MR) is 67.1 cm³/mol. The third-order valence-electron chi connectivity index (χ3n) is 2.57. The van der Waals surface area contributed by atoms with Crippen molar-refractivity contribution in [2.45, 2.75) is 0 Å². The van der Waals surface area contributed by atoms with Gasteiger partial charge in [-0.05, 0) is 11.6 Å². The molecule has 2 aromatic rings. The fourth-order valence-electron chi connectivity index (χ4n) is 1.66. The van der Waals surface area contributed by atoms with Gasteiger partial charge in [0.2, 0.25) is 0 Å². The van der Waals surface area contributed by atoms with Gasteiger partial charge in [-0.1, -0.05) is 36.4 Å². The summed E-state index contributed by atoms with van der Waals surface area (Å²) < 4.78 is 0. The van der Waals surface area contributed by atoms with Gasteiger partial charge in [0, 0.05) is 22.4 Å². The fourth-order valence-corrected chi connectivity index (χ4v) is 1.66. The average Bonchev–Trinajstić information content (AvgIpc) is 2.39. The minimum absolute atomic E-state index is 0.549. The van der Waals surface area contributed by atoms with Crippen molar-refractivity contribution >= 4 is 18.3 Å². The predicted octanol–water partition coefficient (Wildman–Crippen LogP) is 2.56. The van der Waals surface area contributed by atoms with E-state index in [2.05, 4.69) is 0 Å². The first kappa shape index (κ1) is 11.1. The van der Waals surface area contributed by atoms with E-state index in [4.69, 9.17) is 5.73 Å². The minimum atomic E-state index is 0.549. The molecule has 0 amide bonds. The van der Waals surface area contributed by atoms with Gasteiger partial charge in [-0.3, -0.25) is 9.59 Å². The Kier molecular flexibility index (Phi) is 3.01. The number of rotatable bonds is 3. The molecule has 0 aromatic heterocycles. The van der Waals surface area contributed by atoms with Crippen LogP contribution >= 0.6 is 0 Å². The summed E-state index contributed by atoms with van der Waals surface area (Å²) in [5.41, 5.74) is 9.37. The Morgan fingerprint density at radius 2 is 1.41 bits per heavy atom. The second kappa shape index (κ2) is 4.61. The molecule has 3 nitrogen and oxygen atoms in total. The molecule has 0 bridgehead atoms. The zero-order chi connectivity index (χ0) is 12.3. The van der Waals surface area contributed by atoms with Crippen LogP contribution in [0, 0.1) is 0 Å². The molecule has 0 spiro atoms. The molecular weight excluding hydrogens is 214 g/mol. The smallest absolute Gasteiger partial charge is 0.150 e. The van der Waals surface area contributed by atoms with Crippen molar-refractivity contribution in [3.05, 3.63) is 53.6 Å². The summed E-state index contributed by atoms with van der Waals surface area (Å²) in [6.45, 7) is 0. The average molecular weight is 225 g/mol. The van der Waals surface area contributed by atoms with Gasteiger partial charge in [0.15, 0.2) is 0 Å². The minimum Gasteiger partial charge on any atom is -0.398 e. The number of anilines is 1. The molecule has 0 aliphatic heterocycles. The first-order chi connectivity index (χ1) is 8.24. The lowest BCUT2D eigenvalue weighted by Gasteiger charge is -2.06. The number of carbonyl (C=O) groups excluding carboxylic acids is 2. The topological polar surface area (TPSA) is 60.2 Å². The van der Waals surface area contributed by atoms with Crippen LogP contribution in [-0.2, 0) is 0 Å². The third kappa shape index (κ3) is 2.23. The Morgan fingerprint density at radius 1 is 0.824 bits per heavy atom. The molecule has 0 radical (unpaired) electrons. The maximum absolute atomic E-state index is 10.6. The van der Waals surface area contributed by atoms with E-state index in [9.17, 15) is 9.59 Å². The van der Waals surface area contributed by atoms with Crippen LogP contribution in [-0.4, -0.2) is 12.6 Å². The van der Waals surface area contributed by atoms with Gasteiger partial charge in [-0.25, -0.2) is 0 Å². The van der Waals surface area contributed by atoms with Gasteiger partial charge in [0.25, 0.3) is 0 Å². The molecule has 0 saturated carbocycles. The summed E-state index contributed by atoms with van der Waals surface area (Å²) in [5.74, 6) is 0.